The molecule has 0 saturated heterocycles. The molecule has 1 aromatic rings. The number of aliphatic imine (C=N–C) groups is 1. The Morgan fingerprint density at radius 2 is 1.88 bits per heavy atom. The summed E-state index contributed by atoms with van der Waals surface area (Å²) in [6.45, 7) is 2.77. The third-order valence-corrected chi connectivity index (χ3v) is 6.37. The second-order valence-corrected chi connectivity index (χ2v) is 10.1. The van der Waals surface area contributed by atoms with E-state index in [0.29, 0.717) is 12.4 Å². The first-order chi connectivity index (χ1) is 12.2. The van der Waals surface area contributed by atoms with Crippen molar-refractivity contribution >= 4 is 27.4 Å². The first-order valence-electron chi connectivity index (χ1n) is 9.15. The van der Waals surface area contributed by atoms with Crippen molar-refractivity contribution < 1.29 is 8.42 Å². The molecule has 0 radical (unpaired) electrons. The number of sulfone groups is 1. The van der Waals surface area contributed by atoms with Crippen LogP contribution in [0.25, 0.3) is 0 Å². The molecule has 1 fully saturated rings. The Hall–Kier alpha value is -1.27. The number of rotatable bonds is 7. The van der Waals surface area contributed by atoms with Crippen molar-refractivity contribution in [3.8, 4) is 0 Å². The summed E-state index contributed by atoms with van der Waals surface area (Å²) in [5.41, 5.74) is 1.41. The predicted octanol–water partition coefficient (Wildman–Crippen LogP) is 3.14. The second-order valence-electron chi connectivity index (χ2n) is 7.38. The Labute approximate surface area is 162 Å². The van der Waals surface area contributed by atoms with Crippen molar-refractivity contribution in [2.75, 3.05) is 25.6 Å². The summed E-state index contributed by atoms with van der Waals surface area (Å²) in [4.78, 5) is 4.30. The molecule has 1 saturated carbocycles. The topological polar surface area (TPSA) is 70.6 Å². The zero-order chi connectivity index (χ0) is 19.2. The normalized spacial score (nSPS) is 18.5. The number of halogens is 1. The fourth-order valence-corrected chi connectivity index (χ4v) is 4.47. The quantitative estimate of drug-likeness (QED) is 0.545. The number of nitrogens with zero attached hydrogens (tertiary/aromatic N) is 1. The van der Waals surface area contributed by atoms with Crippen LogP contribution in [0.15, 0.2) is 29.3 Å². The average molecular weight is 400 g/mol. The van der Waals surface area contributed by atoms with E-state index < -0.39 is 9.84 Å². The van der Waals surface area contributed by atoms with Crippen molar-refractivity contribution in [3.63, 3.8) is 0 Å². The Bertz CT molecular complexity index is 711. The Balaban J connectivity index is 1.97. The lowest BCUT2D eigenvalue weighted by Crippen LogP contribution is -2.47. The van der Waals surface area contributed by atoms with Crippen LogP contribution in [0, 0.1) is 0 Å². The first-order valence-corrected chi connectivity index (χ1v) is 11.6. The Morgan fingerprint density at radius 1 is 1.27 bits per heavy atom. The van der Waals surface area contributed by atoms with Crippen LogP contribution in [-0.4, -0.2) is 46.0 Å². The number of benzene rings is 1. The molecule has 0 aromatic heterocycles. The molecule has 1 aromatic carbocycles. The highest BCUT2D eigenvalue weighted by molar-refractivity contribution is 7.90. The number of guanidine groups is 1. The molecule has 1 aliphatic rings. The van der Waals surface area contributed by atoms with Crippen LogP contribution in [0.2, 0.25) is 5.02 Å². The van der Waals surface area contributed by atoms with Crippen LogP contribution in [0.5, 0.6) is 0 Å². The molecular weight excluding hydrogens is 370 g/mol. The molecule has 0 amide bonds. The summed E-state index contributed by atoms with van der Waals surface area (Å²) in [7, 11) is -1.21. The molecule has 146 valence electrons. The minimum absolute atomic E-state index is 0.0333. The zero-order valence-electron chi connectivity index (χ0n) is 15.9. The van der Waals surface area contributed by atoms with Crippen LogP contribution >= 0.6 is 11.6 Å². The minimum atomic E-state index is -2.95. The lowest BCUT2D eigenvalue weighted by molar-refractivity contribution is 0.430. The molecule has 0 heterocycles. The van der Waals surface area contributed by atoms with Crippen LogP contribution in [0.3, 0.4) is 0 Å². The van der Waals surface area contributed by atoms with Gasteiger partial charge in [-0.1, -0.05) is 36.6 Å². The number of hydrogen-bond acceptors (Lipinski definition) is 3. The third-order valence-electron chi connectivity index (χ3n) is 5.14. The molecule has 1 atom stereocenters. The molecule has 0 spiro atoms. The van der Waals surface area contributed by atoms with E-state index in [1.807, 2.05) is 19.1 Å². The van der Waals surface area contributed by atoms with Gasteiger partial charge in [0, 0.05) is 36.3 Å². The minimum Gasteiger partial charge on any atom is -0.356 e. The summed E-state index contributed by atoms with van der Waals surface area (Å²) >= 11 is 6.05. The second kappa shape index (κ2) is 9.09. The molecule has 26 heavy (non-hydrogen) atoms. The summed E-state index contributed by atoms with van der Waals surface area (Å²) in [6, 6.07) is 8.20. The predicted molar refractivity (Wildman–Crippen MR) is 110 cm³/mol. The first kappa shape index (κ1) is 21.0. The van der Waals surface area contributed by atoms with E-state index in [9.17, 15) is 8.42 Å². The Kier molecular flexibility index (Phi) is 7.35. The van der Waals surface area contributed by atoms with Crippen molar-refractivity contribution in [1.29, 1.82) is 0 Å². The van der Waals surface area contributed by atoms with Gasteiger partial charge in [-0.25, -0.2) is 8.42 Å². The smallest absolute Gasteiger partial charge is 0.191 e. The van der Waals surface area contributed by atoms with Gasteiger partial charge in [0.15, 0.2) is 5.96 Å². The number of nitrogens with one attached hydrogen (secondary N) is 2. The van der Waals surface area contributed by atoms with Crippen LogP contribution in [0.1, 0.15) is 44.6 Å². The van der Waals surface area contributed by atoms with Gasteiger partial charge in [-0.3, -0.25) is 4.99 Å². The van der Waals surface area contributed by atoms with E-state index >= 15 is 0 Å². The molecule has 0 aliphatic heterocycles. The molecule has 2 rings (SSSR count). The molecular formula is C19H30ClN3O2S. The van der Waals surface area contributed by atoms with E-state index in [0.717, 1.165) is 24.4 Å². The lowest BCUT2D eigenvalue weighted by atomic mass is 9.79. The lowest BCUT2D eigenvalue weighted by Gasteiger charge is -2.31. The van der Waals surface area contributed by atoms with Gasteiger partial charge >= 0.3 is 0 Å². The highest BCUT2D eigenvalue weighted by Crippen LogP contribution is 2.40. The highest BCUT2D eigenvalue weighted by atomic mass is 35.5. The van der Waals surface area contributed by atoms with E-state index in [1.165, 1.54) is 24.7 Å². The summed E-state index contributed by atoms with van der Waals surface area (Å²) in [5.74, 6) is 0.888. The van der Waals surface area contributed by atoms with Crippen molar-refractivity contribution in [2.24, 2.45) is 4.99 Å². The van der Waals surface area contributed by atoms with Gasteiger partial charge in [0.25, 0.3) is 0 Å². The van der Waals surface area contributed by atoms with Gasteiger partial charge in [0.2, 0.25) is 0 Å². The van der Waals surface area contributed by atoms with E-state index in [4.69, 9.17) is 11.6 Å². The summed E-state index contributed by atoms with van der Waals surface area (Å²) in [6.07, 6.45) is 6.55. The fourth-order valence-electron chi connectivity index (χ4n) is 3.57. The molecule has 1 unspecified atom stereocenters. The van der Waals surface area contributed by atoms with Gasteiger partial charge in [-0.15, -0.1) is 0 Å². The van der Waals surface area contributed by atoms with E-state index in [-0.39, 0.29) is 17.2 Å². The van der Waals surface area contributed by atoms with Crippen LogP contribution in [-0.2, 0) is 15.3 Å². The van der Waals surface area contributed by atoms with Gasteiger partial charge in [-0.2, -0.15) is 0 Å². The zero-order valence-corrected chi connectivity index (χ0v) is 17.5. The average Bonchev–Trinajstić information content (AvgIpc) is 3.07. The SMILES string of the molecule is CN=C(NCC1(c2ccc(Cl)cc2)CCCC1)NC(C)CCS(C)(=O)=O. The maximum atomic E-state index is 11.3. The van der Waals surface area contributed by atoms with E-state index in [2.05, 4.69) is 27.8 Å². The summed E-state index contributed by atoms with van der Waals surface area (Å²) in [5, 5.41) is 7.50. The molecule has 7 heteroatoms. The largest absolute Gasteiger partial charge is 0.356 e. The standard InChI is InChI=1S/C19H30ClN3O2S/c1-15(10-13-26(3,24)25)23-18(21-2)22-14-19(11-4-5-12-19)16-6-8-17(20)9-7-16/h6-9,15H,4-5,10-14H2,1-3H3,(H2,21,22,23). The van der Waals surface area contributed by atoms with Crippen molar-refractivity contribution in [3.05, 3.63) is 34.9 Å². The summed E-state index contributed by atoms with van der Waals surface area (Å²) < 4.78 is 22.7. The van der Waals surface area contributed by atoms with Crippen molar-refractivity contribution in [2.45, 2.75) is 50.5 Å². The van der Waals surface area contributed by atoms with Gasteiger partial charge in [0.1, 0.15) is 9.84 Å². The molecule has 1 aliphatic carbocycles. The fraction of sp³-hybridized carbons (Fsp3) is 0.632. The maximum Gasteiger partial charge on any atom is 0.191 e. The van der Waals surface area contributed by atoms with Gasteiger partial charge in [-0.05, 0) is 43.9 Å². The van der Waals surface area contributed by atoms with E-state index in [1.54, 1.807) is 7.05 Å². The maximum absolute atomic E-state index is 11.3. The molecule has 2 N–H and O–H groups in total. The van der Waals surface area contributed by atoms with Gasteiger partial charge < -0.3 is 10.6 Å². The van der Waals surface area contributed by atoms with Gasteiger partial charge in [0.05, 0.1) is 5.75 Å². The van der Waals surface area contributed by atoms with Crippen LogP contribution in [0.4, 0.5) is 0 Å². The third kappa shape index (κ3) is 6.16. The van der Waals surface area contributed by atoms with Crippen LogP contribution < -0.4 is 10.6 Å². The van der Waals surface area contributed by atoms with Crippen molar-refractivity contribution in [1.82, 2.24) is 10.6 Å². The Morgan fingerprint density at radius 3 is 2.42 bits per heavy atom. The highest BCUT2D eigenvalue weighted by Gasteiger charge is 2.35. The molecule has 0 bridgehead atoms. The number of hydrogen-bond donors (Lipinski definition) is 2. The molecule has 5 nitrogen and oxygen atoms in total. The monoisotopic (exact) mass is 399 g/mol.